The van der Waals surface area contributed by atoms with Crippen molar-refractivity contribution < 1.29 is 14.7 Å². The summed E-state index contributed by atoms with van der Waals surface area (Å²) in [4.78, 5) is 24.2. The Morgan fingerprint density at radius 2 is 2.00 bits per heavy atom. The monoisotopic (exact) mass is 256 g/mol. The molecule has 1 aliphatic heterocycles. The number of likely N-dealkylation sites (tertiary alicyclic amines) is 1. The van der Waals surface area contributed by atoms with E-state index in [1.54, 1.807) is 11.8 Å². The molecule has 0 radical (unpaired) electrons. The molecular weight excluding hydrogens is 232 g/mol. The number of amides is 2. The maximum atomic E-state index is 11.9. The standard InChI is InChI=1S/C13H24N2O3/c1-3-4-11-5-7-15(8-6-11)13(18)14-10(2)9-12(16)17/h10-11H,3-9H2,1-2H3,(H,14,18)(H,16,17). The van der Waals surface area contributed by atoms with Crippen LogP contribution in [0.1, 0.15) is 46.0 Å². The Bertz CT molecular complexity index is 286. The van der Waals surface area contributed by atoms with Crippen molar-refractivity contribution in [1.82, 2.24) is 10.2 Å². The van der Waals surface area contributed by atoms with Gasteiger partial charge in [0, 0.05) is 19.1 Å². The molecule has 1 heterocycles. The second-order valence-corrected chi connectivity index (χ2v) is 5.17. The highest BCUT2D eigenvalue weighted by Crippen LogP contribution is 2.21. The fourth-order valence-corrected chi connectivity index (χ4v) is 2.45. The maximum Gasteiger partial charge on any atom is 0.317 e. The van der Waals surface area contributed by atoms with Crippen LogP contribution in [0, 0.1) is 5.92 Å². The third kappa shape index (κ3) is 4.94. The van der Waals surface area contributed by atoms with E-state index >= 15 is 0 Å². The second kappa shape index (κ2) is 7.24. The SMILES string of the molecule is CCCC1CCN(C(=O)NC(C)CC(=O)O)CC1. The number of carbonyl (C=O) groups is 2. The molecule has 2 amide bonds. The van der Waals surface area contributed by atoms with Gasteiger partial charge in [-0.05, 0) is 25.7 Å². The molecule has 0 aromatic carbocycles. The first kappa shape index (κ1) is 14.8. The highest BCUT2D eigenvalue weighted by molar-refractivity contribution is 5.75. The largest absolute Gasteiger partial charge is 0.481 e. The molecule has 0 aromatic rings. The molecule has 1 atom stereocenters. The van der Waals surface area contributed by atoms with Gasteiger partial charge in [0.15, 0.2) is 0 Å². The van der Waals surface area contributed by atoms with E-state index in [0.717, 1.165) is 31.8 Å². The van der Waals surface area contributed by atoms with Gasteiger partial charge >= 0.3 is 12.0 Å². The van der Waals surface area contributed by atoms with E-state index in [0.29, 0.717) is 0 Å². The summed E-state index contributed by atoms with van der Waals surface area (Å²) in [7, 11) is 0. The molecule has 1 unspecified atom stereocenters. The molecule has 1 fully saturated rings. The lowest BCUT2D eigenvalue weighted by Gasteiger charge is -2.32. The van der Waals surface area contributed by atoms with Gasteiger partial charge in [-0.2, -0.15) is 0 Å². The van der Waals surface area contributed by atoms with Crippen molar-refractivity contribution in [1.29, 1.82) is 0 Å². The van der Waals surface area contributed by atoms with Gasteiger partial charge in [0.25, 0.3) is 0 Å². The average molecular weight is 256 g/mol. The van der Waals surface area contributed by atoms with Gasteiger partial charge in [0.05, 0.1) is 6.42 Å². The lowest BCUT2D eigenvalue weighted by molar-refractivity contribution is -0.137. The maximum absolute atomic E-state index is 11.9. The van der Waals surface area contributed by atoms with E-state index in [9.17, 15) is 9.59 Å². The third-order valence-corrected chi connectivity index (χ3v) is 3.45. The number of urea groups is 1. The zero-order chi connectivity index (χ0) is 13.5. The predicted molar refractivity (Wildman–Crippen MR) is 69.5 cm³/mol. The molecule has 0 aromatic heterocycles. The summed E-state index contributed by atoms with van der Waals surface area (Å²) in [6.07, 6.45) is 4.54. The first-order valence-corrected chi connectivity index (χ1v) is 6.80. The van der Waals surface area contributed by atoms with Crippen LogP contribution in [0.5, 0.6) is 0 Å². The van der Waals surface area contributed by atoms with Gasteiger partial charge in [0.1, 0.15) is 0 Å². The van der Waals surface area contributed by atoms with Crippen molar-refractivity contribution in [3.8, 4) is 0 Å². The quantitative estimate of drug-likeness (QED) is 0.791. The van der Waals surface area contributed by atoms with Crippen LogP contribution in [0.25, 0.3) is 0 Å². The number of hydrogen-bond acceptors (Lipinski definition) is 2. The summed E-state index contributed by atoms with van der Waals surface area (Å²) >= 11 is 0. The molecule has 5 heteroatoms. The molecule has 104 valence electrons. The predicted octanol–water partition coefficient (Wildman–Crippen LogP) is 2.07. The number of carboxylic acids is 1. The minimum absolute atomic E-state index is 0.0297. The van der Waals surface area contributed by atoms with Crippen LogP contribution in [0.4, 0.5) is 4.79 Å². The topological polar surface area (TPSA) is 69.6 Å². The van der Waals surface area contributed by atoms with E-state index in [1.807, 2.05) is 0 Å². The fourth-order valence-electron chi connectivity index (χ4n) is 2.45. The van der Waals surface area contributed by atoms with E-state index in [1.165, 1.54) is 12.8 Å². The zero-order valence-electron chi connectivity index (χ0n) is 11.3. The van der Waals surface area contributed by atoms with Crippen LogP contribution in [0.3, 0.4) is 0 Å². The van der Waals surface area contributed by atoms with E-state index in [2.05, 4.69) is 12.2 Å². The van der Waals surface area contributed by atoms with Crippen molar-refractivity contribution in [2.45, 2.75) is 52.0 Å². The van der Waals surface area contributed by atoms with Gasteiger partial charge in [-0.25, -0.2) is 4.79 Å². The molecule has 0 aliphatic carbocycles. The molecule has 1 rings (SSSR count). The Morgan fingerprint density at radius 3 is 2.50 bits per heavy atom. The number of aliphatic carboxylic acids is 1. The number of rotatable bonds is 5. The molecule has 0 bridgehead atoms. The number of hydrogen-bond donors (Lipinski definition) is 2. The van der Waals surface area contributed by atoms with E-state index < -0.39 is 5.97 Å². The first-order chi connectivity index (χ1) is 8.52. The Kier molecular flexibility index (Phi) is 5.95. The van der Waals surface area contributed by atoms with Crippen molar-refractivity contribution >= 4 is 12.0 Å². The van der Waals surface area contributed by atoms with Crippen molar-refractivity contribution in [2.75, 3.05) is 13.1 Å². The molecule has 1 saturated heterocycles. The number of nitrogens with zero attached hydrogens (tertiary/aromatic N) is 1. The van der Waals surface area contributed by atoms with Crippen LogP contribution in [0.2, 0.25) is 0 Å². The summed E-state index contributed by atoms with van der Waals surface area (Å²) in [5.41, 5.74) is 0. The minimum Gasteiger partial charge on any atom is -0.481 e. The Balaban J connectivity index is 2.29. The summed E-state index contributed by atoms with van der Waals surface area (Å²) < 4.78 is 0. The number of nitrogens with one attached hydrogen (secondary N) is 1. The van der Waals surface area contributed by atoms with Gasteiger partial charge in [-0.15, -0.1) is 0 Å². The fraction of sp³-hybridized carbons (Fsp3) is 0.846. The average Bonchev–Trinajstić information content (AvgIpc) is 2.29. The molecule has 0 saturated carbocycles. The molecule has 2 N–H and O–H groups in total. The molecular formula is C13H24N2O3. The van der Waals surface area contributed by atoms with Gasteiger partial charge in [-0.1, -0.05) is 19.8 Å². The highest BCUT2D eigenvalue weighted by Gasteiger charge is 2.23. The highest BCUT2D eigenvalue weighted by atomic mass is 16.4. The first-order valence-electron chi connectivity index (χ1n) is 6.80. The van der Waals surface area contributed by atoms with Gasteiger partial charge in [0.2, 0.25) is 0 Å². The minimum atomic E-state index is -0.885. The van der Waals surface area contributed by atoms with E-state index in [-0.39, 0.29) is 18.5 Å². The van der Waals surface area contributed by atoms with Crippen LogP contribution in [0.15, 0.2) is 0 Å². The summed E-state index contributed by atoms with van der Waals surface area (Å²) in [6, 6.07) is -0.443. The molecule has 0 spiro atoms. The third-order valence-electron chi connectivity index (χ3n) is 3.45. The lowest BCUT2D eigenvalue weighted by Crippen LogP contribution is -2.47. The van der Waals surface area contributed by atoms with Crippen molar-refractivity contribution in [3.63, 3.8) is 0 Å². The molecule has 5 nitrogen and oxygen atoms in total. The number of carboxylic acid groups (broad SMARTS) is 1. The summed E-state index contributed by atoms with van der Waals surface area (Å²) in [6.45, 7) is 5.48. The lowest BCUT2D eigenvalue weighted by atomic mass is 9.93. The van der Waals surface area contributed by atoms with Crippen LogP contribution in [-0.4, -0.2) is 41.1 Å². The van der Waals surface area contributed by atoms with Crippen molar-refractivity contribution in [3.05, 3.63) is 0 Å². The van der Waals surface area contributed by atoms with Crippen LogP contribution < -0.4 is 5.32 Å². The van der Waals surface area contributed by atoms with Gasteiger partial charge in [-0.3, -0.25) is 4.79 Å². The van der Waals surface area contributed by atoms with Crippen LogP contribution >= 0.6 is 0 Å². The Hall–Kier alpha value is -1.26. The molecule has 1 aliphatic rings. The van der Waals surface area contributed by atoms with Gasteiger partial charge < -0.3 is 15.3 Å². The Labute approximate surface area is 109 Å². The summed E-state index contributed by atoms with van der Waals surface area (Å²) in [5.74, 6) is -0.139. The van der Waals surface area contributed by atoms with Crippen LogP contribution in [-0.2, 0) is 4.79 Å². The number of piperidine rings is 1. The second-order valence-electron chi connectivity index (χ2n) is 5.17. The van der Waals surface area contributed by atoms with E-state index in [4.69, 9.17) is 5.11 Å². The van der Waals surface area contributed by atoms with Crippen molar-refractivity contribution in [2.24, 2.45) is 5.92 Å². The smallest absolute Gasteiger partial charge is 0.317 e. The zero-order valence-corrected chi connectivity index (χ0v) is 11.3. The molecule has 18 heavy (non-hydrogen) atoms. The number of carbonyl (C=O) groups excluding carboxylic acids is 1. The summed E-state index contributed by atoms with van der Waals surface area (Å²) in [5, 5.41) is 11.4. The Morgan fingerprint density at radius 1 is 1.39 bits per heavy atom. The normalized spacial score (nSPS) is 18.4.